The standard InChI is InChI=1S/C11H13Cl2FN2O2S/c12-9-4-7(14)5-10(13)11(9)19(17,18)16-8-2-1-3-15-6-8/h4-5,8,15-16H,1-3,6H2. The van der Waals surface area contributed by atoms with Gasteiger partial charge in [-0.15, -0.1) is 0 Å². The summed E-state index contributed by atoms with van der Waals surface area (Å²) >= 11 is 11.6. The fourth-order valence-electron chi connectivity index (χ4n) is 2.02. The van der Waals surface area contributed by atoms with E-state index in [2.05, 4.69) is 10.0 Å². The molecular formula is C11H13Cl2FN2O2S. The summed E-state index contributed by atoms with van der Waals surface area (Å²) in [5.41, 5.74) is 0. The van der Waals surface area contributed by atoms with Gasteiger partial charge in [0.15, 0.2) is 0 Å². The molecule has 106 valence electrons. The molecule has 4 nitrogen and oxygen atoms in total. The van der Waals surface area contributed by atoms with Gasteiger partial charge in [0.25, 0.3) is 0 Å². The molecule has 1 heterocycles. The molecular weight excluding hydrogens is 314 g/mol. The van der Waals surface area contributed by atoms with Crippen LogP contribution >= 0.6 is 23.2 Å². The normalized spacial score (nSPS) is 20.5. The van der Waals surface area contributed by atoms with E-state index in [1.54, 1.807) is 0 Å². The van der Waals surface area contributed by atoms with Gasteiger partial charge in [-0.05, 0) is 31.5 Å². The monoisotopic (exact) mass is 326 g/mol. The lowest BCUT2D eigenvalue weighted by Gasteiger charge is -2.24. The highest BCUT2D eigenvalue weighted by Gasteiger charge is 2.26. The number of halogens is 3. The first kappa shape index (κ1) is 15.0. The molecule has 1 aliphatic rings. The zero-order chi connectivity index (χ0) is 14.0. The van der Waals surface area contributed by atoms with Crippen LogP contribution in [0.3, 0.4) is 0 Å². The summed E-state index contributed by atoms with van der Waals surface area (Å²) in [6.07, 6.45) is 1.63. The third kappa shape index (κ3) is 3.58. The third-order valence-corrected chi connectivity index (χ3v) is 5.29. The first-order valence-electron chi connectivity index (χ1n) is 5.78. The van der Waals surface area contributed by atoms with Crippen LogP contribution < -0.4 is 10.0 Å². The van der Waals surface area contributed by atoms with Crippen LogP contribution in [0.5, 0.6) is 0 Å². The van der Waals surface area contributed by atoms with Crippen LogP contribution in [-0.4, -0.2) is 27.5 Å². The lowest BCUT2D eigenvalue weighted by atomic mass is 10.1. The van der Waals surface area contributed by atoms with E-state index in [-0.39, 0.29) is 21.0 Å². The fourth-order valence-corrected chi connectivity index (χ4v) is 4.48. The first-order chi connectivity index (χ1) is 8.90. The van der Waals surface area contributed by atoms with Crippen molar-refractivity contribution >= 4 is 33.2 Å². The minimum Gasteiger partial charge on any atom is -0.315 e. The van der Waals surface area contributed by atoms with Crippen LogP contribution in [0.1, 0.15) is 12.8 Å². The van der Waals surface area contributed by atoms with Gasteiger partial charge in [0, 0.05) is 12.6 Å². The molecule has 1 aromatic carbocycles. The van der Waals surface area contributed by atoms with E-state index in [0.29, 0.717) is 6.54 Å². The summed E-state index contributed by atoms with van der Waals surface area (Å²) in [4.78, 5) is -0.275. The molecule has 0 radical (unpaired) electrons. The van der Waals surface area contributed by atoms with Crippen LogP contribution in [0.15, 0.2) is 17.0 Å². The van der Waals surface area contributed by atoms with E-state index in [4.69, 9.17) is 23.2 Å². The molecule has 0 aliphatic carbocycles. The highest BCUT2D eigenvalue weighted by Crippen LogP contribution is 2.30. The number of nitrogens with one attached hydrogen (secondary N) is 2. The molecule has 1 saturated heterocycles. The molecule has 0 spiro atoms. The van der Waals surface area contributed by atoms with Crippen LogP contribution in [0.25, 0.3) is 0 Å². The third-order valence-electron chi connectivity index (χ3n) is 2.85. The second-order valence-corrected chi connectivity index (χ2v) is 6.83. The maximum atomic E-state index is 13.1. The number of rotatable bonds is 3. The SMILES string of the molecule is O=S(=O)(NC1CCCNC1)c1c(Cl)cc(F)cc1Cl. The molecule has 8 heteroatoms. The number of sulfonamides is 1. The largest absolute Gasteiger partial charge is 0.315 e. The Bertz CT molecular complexity index is 551. The van der Waals surface area contributed by atoms with Crippen LogP contribution in [0.4, 0.5) is 4.39 Å². The highest BCUT2D eigenvalue weighted by molar-refractivity contribution is 7.89. The number of hydrogen-bond acceptors (Lipinski definition) is 3. The minimum atomic E-state index is -3.86. The van der Waals surface area contributed by atoms with Crippen molar-refractivity contribution in [2.75, 3.05) is 13.1 Å². The Morgan fingerprint density at radius 2 is 1.95 bits per heavy atom. The van der Waals surface area contributed by atoms with Gasteiger partial charge in [-0.25, -0.2) is 17.5 Å². The van der Waals surface area contributed by atoms with Crippen LogP contribution in [0.2, 0.25) is 10.0 Å². The van der Waals surface area contributed by atoms with Crippen molar-refractivity contribution in [2.45, 2.75) is 23.8 Å². The first-order valence-corrected chi connectivity index (χ1v) is 8.01. The smallest absolute Gasteiger partial charge is 0.243 e. The van der Waals surface area contributed by atoms with Gasteiger partial charge in [-0.2, -0.15) is 0 Å². The second-order valence-electron chi connectivity index (χ2n) is 4.36. The van der Waals surface area contributed by atoms with Crippen molar-refractivity contribution in [2.24, 2.45) is 0 Å². The minimum absolute atomic E-state index is 0.212. The van der Waals surface area contributed by atoms with Gasteiger partial charge in [0.1, 0.15) is 10.7 Å². The predicted octanol–water partition coefficient (Wildman–Crippen LogP) is 2.16. The molecule has 1 atom stereocenters. The van der Waals surface area contributed by atoms with E-state index in [1.807, 2.05) is 0 Å². The van der Waals surface area contributed by atoms with E-state index in [9.17, 15) is 12.8 Å². The Morgan fingerprint density at radius 3 is 2.47 bits per heavy atom. The molecule has 1 aromatic rings. The molecule has 1 unspecified atom stereocenters. The zero-order valence-electron chi connectivity index (χ0n) is 9.92. The molecule has 0 bridgehead atoms. The summed E-state index contributed by atoms with van der Waals surface area (Å²) < 4.78 is 40.0. The topological polar surface area (TPSA) is 58.2 Å². The quantitative estimate of drug-likeness (QED) is 0.894. The van der Waals surface area contributed by atoms with E-state index in [0.717, 1.165) is 31.5 Å². The Kier molecular flexibility index (Phi) is 4.68. The van der Waals surface area contributed by atoms with E-state index in [1.165, 1.54) is 0 Å². The van der Waals surface area contributed by atoms with Crippen molar-refractivity contribution < 1.29 is 12.8 Å². The van der Waals surface area contributed by atoms with Crippen molar-refractivity contribution in [3.8, 4) is 0 Å². The van der Waals surface area contributed by atoms with Crippen LogP contribution in [-0.2, 0) is 10.0 Å². The van der Waals surface area contributed by atoms with Gasteiger partial charge >= 0.3 is 0 Å². The summed E-state index contributed by atoms with van der Waals surface area (Å²) in [6, 6.07) is 1.65. The Labute approximate surface area is 121 Å². The molecule has 0 amide bonds. The molecule has 2 rings (SSSR count). The molecule has 1 fully saturated rings. The summed E-state index contributed by atoms with van der Waals surface area (Å²) in [5, 5.41) is 2.65. The maximum Gasteiger partial charge on any atom is 0.243 e. The molecule has 0 saturated carbocycles. The second kappa shape index (κ2) is 5.93. The average Bonchev–Trinajstić information content (AvgIpc) is 2.27. The van der Waals surface area contributed by atoms with Gasteiger partial charge in [0.05, 0.1) is 10.0 Å². The molecule has 1 aliphatic heterocycles. The maximum absolute atomic E-state index is 13.1. The van der Waals surface area contributed by atoms with Gasteiger partial charge in [-0.1, -0.05) is 23.2 Å². The van der Waals surface area contributed by atoms with Crippen molar-refractivity contribution in [3.05, 3.63) is 28.0 Å². The Hall–Kier alpha value is -0.400. The average molecular weight is 327 g/mol. The summed E-state index contributed by atoms with van der Waals surface area (Å²) in [6.45, 7) is 1.42. The number of hydrogen-bond donors (Lipinski definition) is 2. The molecule has 2 N–H and O–H groups in total. The van der Waals surface area contributed by atoms with Gasteiger partial charge in [0.2, 0.25) is 10.0 Å². The lowest BCUT2D eigenvalue weighted by Crippen LogP contribution is -2.45. The Morgan fingerprint density at radius 1 is 1.32 bits per heavy atom. The lowest BCUT2D eigenvalue weighted by molar-refractivity contribution is 0.428. The summed E-state index contributed by atoms with van der Waals surface area (Å²) in [5.74, 6) is -0.673. The Balaban J connectivity index is 2.29. The predicted molar refractivity (Wildman–Crippen MR) is 72.6 cm³/mol. The number of benzene rings is 1. The zero-order valence-corrected chi connectivity index (χ0v) is 12.2. The fraction of sp³-hybridized carbons (Fsp3) is 0.455. The van der Waals surface area contributed by atoms with Gasteiger partial charge in [-0.3, -0.25) is 0 Å². The number of piperidine rings is 1. The van der Waals surface area contributed by atoms with Gasteiger partial charge < -0.3 is 5.32 Å². The van der Waals surface area contributed by atoms with E-state index >= 15 is 0 Å². The van der Waals surface area contributed by atoms with Crippen molar-refractivity contribution in [1.29, 1.82) is 0 Å². The van der Waals surface area contributed by atoms with Crippen LogP contribution in [0, 0.1) is 5.82 Å². The van der Waals surface area contributed by atoms with Crippen molar-refractivity contribution in [3.63, 3.8) is 0 Å². The van der Waals surface area contributed by atoms with Crippen molar-refractivity contribution in [1.82, 2.24) is 10.0 Å². The molecule has 0 aromatic heterocycles. The van der Waals surface area contributed by atoms with E-state index < -0.39 is 15.8 Å². The summed E-state index contributed by atoms with van der Waals surface area (Å²) in [7, 11) is -3.86. The highest BCUT2D eigenvalue weighted by atomic mass is 35.5. The molecule has 19 heavy (non-hydrogen) atoms.